The topological polar surface area (TPSA) is 120 Å². The van der Waals surface area contributed by atoms with E-state index in [9.17, 15) is 18.0 Å². The Morgan fingerprint density at radius 2 is 1.66 bits per heavy atom. The van der Waals surface area contributed by atoms with E-state index in [4.69, 9.17) is 4.74 Å². The Kier molecular flexibility index (Phi) is 6.54. The maximum Gasteiger partial charge on any atom is 0.285 e. The number of carbonyl (C=O) groups is 2. The van der Waals surface area contributed by atoms with Crippen molar-refractivity contribution in [3.8, 4) is 0 Å². The van der Waals surface area contributed by atoms with Gasteiger partial charge in [0.1, 0.15) is 10.9 Å². The standard InChI is InChI=1S/C24H27N5O5S/c30-22(16-28-12-14-34-15-13-28)25-17-7-9-18(10-8-17)26-24(31)20-5-3-11-29(20)23-19-4-1-2-6-21(19)35(32,33)27-23/h1-2,4,6-10,20H,3,5,11-16H2,(H,25,30)(H,26,31)/t20-/m0/s1. The first-order valence-electron chi connectivity index (χ1n) is 11.6. The molecule has 5 rings (SSSR count). The van der Waals surface area contributed by atoms with Crippen LogP contribution >= 0.6 is 0 Å². The van der Waals surface area contributed by atoms with Crippen LogP contribution in [0.5, 0.6) is 0 Å². The Morgan fingerprint density at radius 3 is 2.40 bits per heavy atom. The van der Waals surface area contributed by atoms with Crippen LogP contribution in [0, 0.1) is 0 Å². The summed E-state index contributed by atoms with van der Waals surface area (Å²) in [4.78, 5) is 29.4. The van der Waals surface area contributed by atoms with Crippen molar-refractivity contribution in [3.05, 3.63) is 54.1 Å². The first kappa shape index (κ1) is 23.5. The van der Waals surface area contributed by atoms with Crippen LogP contribution in [-0.2, 0) is 24.3 Å². The van der Waals surface area contributed by atoms with E-state index >= 15 is 0 Å². The number of nitrogens with one attached hydrogen (secondary N) is 2. The first-order chi connectivity index (χ1) is 16.9. The summed E-state index contributed by atoms with van der Waals surface area (Å²) in [7, 11) is -3.75. The molecule has 35 heavy (non-hydrogen) atoms. The van der Waals surface area contributed by atoms with Crippen molar-refractivity contribution in [2.45, 2.75) is 23.8 Å². The lowest BCUT2D eigenvalue weighted by Gasteiger charge is -2.26. The van der Waals surface area contributed by atoms with Crippen LogP contribution < -0.4 is 10.6 Å². The fourth-order valence-electron chi connectivity index (χ4n) is 4.61. The highest BCUT2D eigenvalue weighted by atomic mass is 32.2. The molecule has 2 amide bonds. The van der Waals surface area contributed by atoms with E-state index in [1.807, 2.05) is 4.90 Å². The van der Waals surface area contributed by atoms with Crippen LogP contribution in [0.3, 0.4) is 0 Å². The summed E-state index contributed by atoms with van der Waals surface area (Å²) in [6.07, 6.45) is 1.36. The third-order valence-electron chi connectivity index (χ3n) is 6.35. The highest BCUT2D eigenvalue weighted by molar-refractivity contribution is 7.90. The molecule has 3 heterocycles. The van der Waals surface area contributed by atoms with Crippen molar-refractivity contribution in [1.82, 2.24) is 9.80 Å². The zero-order valence-electron chi connectivity index (χ0n) is 19.1. The van der Waals surface area contributed by atoms with Crippen LogP contribution in [0.25, 0.3) is 0 Å². The van der Waals surface area contributed by atoms with Crippen LogP contribution in [-0.4, -0.2) is 81.3 Å². The second kappa shape index (κ2) is 9.76. The SMILES string of the molecule is O=C(CN1CCOCC1)Nc1ccc(NC(=O)[C@@H]2CCCN2C2=NS(=O)(=O)c3ccccc32)cc1. The Hall–Kier alpha value is -3.28. The van der Waals surface area contributed by atoms with Gasteiger partial charge < -0.3 is 20.3 Å². The lowest BCUT2D eigenvalue weighted by atomic mass is 10.1. The number of morpholine rings is 1. The molecule has 2 N–H and O–H groups in total. The number of nitrogens with zero attached hydrogens (tertiary/aromatic N) is 3. The van der Waals surface area contributed by atoms with Crippen LogP contribution in [0.4, 0.5) is 11.4 Å². The largest absolute Gasteiger partial charge is 0.379 e. The summed E-state index contributed by atoms with van der Waals surface area (Å²) in [6, 6.07) is 13.1. The molecular weight excluding hydrogens is 470 g/mol. The first-order valence-corrected chi connectivity index (χ1v) is 13.1. The van der Waals surface area contributed by atoms with Crippen LogP contribution in [0.15, 0.2) is 57.8 Å². The van der Waals surface area contributed by atoms with Gasteiger partial charge in [0.05, 0.1) is 19.8 Å². The van der Waals surface area contributed by atoms with Gasteiger partial charge in [-0.05, 0) is 49.2 Å². The van der Waals surface area contributed by atoms with Gasteiger partial charge >= 0.3 is 0 Å². The van der Waals surface area contributed by atoms with Crippen molar-refractivity contribution < 1.29 is 22.7 Å². The van der Waals surface area contributed by atoms with Gasteiger partial charge in [0.25, 0.3) is 10.0 Å². The minimum absolute atomic E-state index is 0.0992. The molecule has 2 fully saturated rings. The second-order valence-electron chi connectivity index (χ2n) is 8.74. The van der Waals surface area contributed by atoms with Gasteiger partial charge in [0, 0.05) is 36.6 Å². The molecule has 0 spiro atoms. The number of carbonyl (C=O) groups excluding carboxylic acids is 2. The maximum atomic E-state index is 13.1. The summed E-state index contributed by atoms with van der Waals surface area (Å²) >= 11 is 0. The zero-order valence-corrected chi connectivity index (χ0v) is 20.0. The van der Waals surface area contributed by atoms with E-state index in [-0.39, 0.29) is 16.7 Å². The summed E-state index contributed by atoms with van der Waals surface area (Å²) in [5, 5.41) is 5.78. The normalized spacial score (nSPS) is 21.3. The molecule has 2 aromatic rings. The van der Waals surface area contributed by atoms with E-state index < -0.39 is 16.1 Å². The molecule has 11 heteroatoms. The van der Waals surface area contributed by atoms with E-state index in [1.54, 1.807) is 47.4 Å². The van der Waals surface area contributed by atoms with E-state index in [0.29, 0.717) is 55.5 Å². The van der Waals surface area contributed by atoms with Gasteiger partial charge in [-0.25, -0.2) is 0 Å². The fraction of sp³-hybridized carbons (Fsp3) is 0.375. The zero-order chi connectivity index (χ0) is 24.4. The van der Waals surface area contributed by atoms with Gasteiger partial charge in [-0.15, -0.1) is 4.40 Å². The van der Waals surface area contributed by atoms with Crippen molar-refractivity contribution >= 4 is 39.0 Å². The summed E-state index contributed by atoms with van der Waals surface area (Å²) in [5.41, 5.74) is 1.77. The number of likely N-dealkylation sites (tertiary alicyclic amines) is 1. The second-order valence-corrected chi connectivity index (χ2v) is 10.3. The number of fused-ring (bicyclic) bond motifs is 1. The molecule has 0 radical (unpaired) electrons. The quantitative estimate of drug-likeness (QED) is 0.642. The van der Waals surface area contributed by atoms with E-state index in [0.717, 1.165) is 19.5 Å². The monoisotopic (exact) mass is 497 g/mol. The third-order valence-corrected chi connectivity index (χ3v) is 7.67. The fourth-order valence-corrected chi connectivity index (χ4v) is 5.83. The molecular formula is C24H27N5O5S. The minimum atomic E-state index is -3.75. The smallest absolute Gasteiger partial charge is 0.285 e. The third kappa shape index (κ3) is 5.07. The molecule has 3 aliphatic heterocycles. The van der Waals surface area contributed by atoms with Crippen molar-refractivity contribution in [1.29, 1.82) is 0 Å². The molecule has 184 valence electrons. The number of hydrogen-bond acceptors (Lipinski definition) is 7. The highest BCUT2D eigenvalue weighted by Gasteiger charge is 2.39. The minimum Gasteiger partial charge on any atom is -0.379 e. The number of amidine groups is 1. The Labute approximate surface area is 204 Å². The number of hydrogen-bond donors (Lipinski definition) is 2. The number of benzene rings is 2. The molecule has 0 bridgehead atoms. The van der Waals surface area contributed by atoms with E-state index in [2.05, 4.69) is 15.0 Å². The molecule has 2 saturated heterocycles. The van der Waals surface area contributed by atoms with E-state index in [1.165, 1.54) is 6.07 Å². The predicted octanol–water partition coefficient (Wildman–Crippen LogP) is 1.51. The summed E-state index contributed by atoms with van der Waals surface area (Å²) < 4.78 is 34.2. The number of anilines is 2. The van der Waals surface area contributed by atoms with Crippen LogP contribution in [0.1, 0.15) is 18.4 Å². The van der Waals surface area contributed by atoms with Crippen LogP contribution in [0.2, 0.25) is 0 Å². The lowest BCUT2D eigenvalue weighted by molar-refractivity contribution is -0.119. The molecule has 0 saturated carbocycles. The Bertz CT molecular complexity index is 1260. The number of sulfonamides is 1. The average molecular weight is 498 g/mol. The predicted molar refractivity (Wildman–Crippen MR) is 131 cm³/mol. The Morgan fingerprint density at radius 1 is 0.971 bits per heavy atom. The lowest BCUT2D eigenvalue weighted by Crippen LogP contribution is -2.43. The molecule has 2 aromatic carbocycles. The van der Waals surface area contributed by atoms with Gasteiger partial charge in [-0.2, -0.15) is 8.42 Å². The average Bonchev–Trinajstić information content (AvgIpc) is 3.44. The maximum absolute atomic E-state index is 13.1. The molecule has 0 aromatic heterocycles. The van der Waals surface area contributed by atoms with Gasteiger partial charge in [-0.1, -0.05) is 12.1 Å². The molecule has 3 aliphatic rings. The molecule has 0 unspecified atom stereocenters. The number of rotatable bonds is 5. The molecule has 1 atom stereocenters. The van der Waals surface area contributed by atoms with Crippen molar-refractivity contribution in [3.63, 3.8) is 0 Å². The van der Waals surface area contributed by atoms with Crippen molar-refractivity contribution in [2.75, 3.05) is 50.0 Å². The number of amides is 2. The van der Waals surface area contributed by atoms with Gasteiger partial charge in [-0.3, -0.25) is 14.5 Å². The molecule has 0 aliphatic carbocycles. The highest BCUT2D eigenvalue weighted by Crippen LogP contribution is 2.31. The summed E-state index contributed by atoms with van der Waals surface area (Å²) in [5.74, 6) is 0.00511. The van der Waals surface area contributed by atoms with Crippen molar-refractivity contribution in [2.24, 2.45) is 4.40 Å². The summed E-state index contributed by atoms with van der Waals surface area (Å²) in [6.45, 7) is 3.60. The Balaban J connectivity index is 1.21. The van der Waals surface area contributed by atoms with Gasteiger partial charge in [0.2, 0.25) is 11.8 Å². The molecule has 10 nitrogen and oxygen atoms in total. The van der Waals surface area contributed by atoms with Gasteiger partial charge in [0.15, 0.2) is 5.84 Å². The number of ether oxygens (including phenoxy) is 1.